The molecular weight excluding hydrogens is 280 g/mol. The molecular formula is C12H12Cl2FNO2. The molecule has 0 aromatic heterocycles. The first-order chi connectivity index (χ1) is 8.54. The fourth-order valence-electron chi connectivity index (χ4n) is 1.30. The summed E-state index contributed by atoms with van der Waals surface area (Å²) in [5, 5.41) is 9.35. The summed E-state index contributed by atoms with van der Waals surface area (Å²) in [5.41, 5.74) is 0.509. The lowest BCUT2D eigenvalue weighted by Crippen LogP contribution is -2.10. The number of hydrogen-bond acceptors (Lipinski definition) is 2. The van der Waals surface area contributed by atoms with E-state index in [9.17, 15) is 9.18 Å². The first kappa shape index (κ1) is 14.9. The van der Waals surface area contributed by atoms with Gasteiger partial charge >= 0.3 is 5.97 Å². The van der Waals surface area contributed by atoms with E-state index in [2.05, 4.69) is 4.99 Å². The van der Waals surface area contributed by atoms with Crippen LogP contribution in [0.3, 0.4) is 0 Å². The molecule has 18 heavy (non-hydrogen) atoms. The van der Waals surface area contributed by atoms with E-state index < -0.39 is 18.7 Å². The molecule has 0 amide bonds. The number of carboxylic acids is 1. The lowest BCUT2D eigenvalue weighted by atomic mass is 10.2. The number of benzene rings is 1. The zero-order valence-electron chi connectivity index (χ0n) is 9.44. The molecule has 0 saturated carbocycles. The normalized spacial score (nSPS) is 12.8. The highest BCUT2D eigenvalue weighted by atomic mass is 35.5. The number of nitrogens with zero attached hydrogens (tertiary/aromatic N) is 1. The average molecular weight is 292 g/mol. The van der Waals surface area contributed by atoms with Crippen molar-refractivity contribution in [3.63, 3.8) is 0 Å². The van der Waals surface area contributed by atoms with Crippen molar-refractivity contribution < 1.29 is 14.3 Å². The predicted octanol–water partition coefficient (Wildman–Crippen LogP) is 3.62. The standard InChI is InChI=1S/C12H12Cl2FNO2/c13-10-2-1-3-11(14)9(10)7-16-8(6-15)4-5-12(17)18/h1-3,7-8H,4-6H2,(H,17,18). The number of alkyl halides is 1. The van der Waals surface area contributed by atoms with Crippen molar-refractivity contribution in [1.29, 1.82) is 0 Å². The summed E-state index contributed by atoms with van der Waals surface area (Å²) in [6.45, 7) is -0.716. The minimum atomic E-state index is -0.973. The van der Waals surface area contributed by atoms with Crippen LogP contribution in [0.1, 0.15) is 18.4 Å². The van der Waals surface area contributed by atoms with Gasteiger partial charge in [0.1, 0.15) is 6.67 Å². The molecule has 0 aliphatic rings. The molecule has 1 unspecified atom stereocenters. The summed E-state index contributed by atoms with van der Waals surface area (Å²) >= 11 is 11.8. The Bertz CT molecular complexity index is 431. The monoisotopic (exact) mass is 291 g/mol. The van der Waals surface area contributed by atoms with Crippen molar-refractivity contribution in [1.82, 2.24) is 0 Å². The van der Waals surface area contributed by atoms with E-state index in [1.807, 2.05) is 0 Å². The molecule has 0 bridgehead atoms. The van der Waals surface area contributed by atoms with Crippen molar-refractivity contribution in [3.05, 3.63) is 33.8 Å². The number of aliphatic carboxylic acids is 1. The van der Waals surface area contributed by atoms with E-state index in [1.165, 1.54) is 6.21 Å². The highest BCUT2D eigenvalue weighted by Crippen LogP contribution is 2.22. The van der Waals surface area contributed by atoms with Crippen LogP contribution in [0.4, 0.5) is 4.39 Å². The molecule has 98 valence electrons. The van der Waals surface area contributed by atoms with Crippen LogP contribution in [0.25, 0.3) is 0 Å². The Balaban J connectivity index is 2.74. The number of aliphatic imine (C=N–C) groups is 1. The zero-order valence-corrected chi connectivity index (χ0v) is 11.0. The molecule has 3 nitrogen and oxygen atoms in total. The molecule has 6 heteroatoms. The van der Waals surface area contributed by atoms with Crippen LogP contribution >= 0.6 is 23.2 Å². The number of hydrogen-bond donors (Lipinski definition) is 1. The highest BCUT2D eigenvalue weighted by molar-refractivity contribution is 6.38. The van der Waals surface area contributed by atoms with Gasteiger partial charge in [0.2, 0.25) is 0 Å². The second kappa shape index (κ2) is 7.34. The lowest BCUT2D eigenvalue weighted by Gasteiger charge is -2.06. The average Bonchev–Trinajstić information content (AvgIpc) is 2.32. The van der Waals surface area contributed by atoms with E-state index in [-0.39, 0.29) is 12.8 Å². The van der Waals surface area contributed by atoms with Crippen LogP contribution in [-0.4, -0.2) is 30.0 Å². The largest absolute Gasteiger partial charge is 0.481 e. The van der Waals surface area contributed by atoms with Crippen molar-refractivity contribution in [2.24, 2.45) is 4.99 Å². The Labute approximate surface area is 114 Å². The Morgan fingerprint density at radius 1 is 1.44 bits per heavy atom. The number of carbonyl (C=O) groups is 1. The van der Waals surface area contributed by atoms with Gasteiger partial charge < -0.3 is 5.11 Å². The third-order valence-corrected chi connectivity index (χ3v) is 2.94. The minimum Gasteiger partial charge on any atom is -0.481 e. The van der Waals surface area contributed by atoms with E-state index in [0.29, 0.717) is 15.6 Å². The van der Waals surface area contributed by atoms with Gasteiger partial charge in [0.25, 0.3) is 0 Å². The van der Waals surface area contributed by atoms with E-state index in [0.717, 1.165) is 0 Å². The fraction of sp³-hybridized carbons (Fsp3) is 0.333. The van der Waals surface area contributed by atoms with Gasteiger partial charge in [0.15, 0.2) is 0 Å². The van der Waals surface area contributed by atoms with Crippen LogP contribution in [0.2, 0.25) is 10.0 Å². The topological polar surface area (TPSA) is 49.7 Å². The third-order valence-electron chi connectivity index (χ3n) is 2.28. The second-order valence-electron chi connectivity index (χ2n) is 3.65. The summed E-state index contributed by atoms with van der Waals surface area (Å²) in [4.78, 5) is 14.4. The first-order valence-corrected chi connectivity index (χ1v) is 6.05. The van der Waals surface area contributed by atoms with Crippen LogP contribution < -0.4 is 0 Å². The molecule has 0 aliphatic heterocycles. The molecule has 0 aliphatic carbocycles. The molecule has 1 aromatic rings. The maximum Gasteiger partial charge on any atom is 0.303 e. The van der Waals surface area contributed by atoms with Gasteiger partial charge in [0, 0.05) is 18.2 Å². The Morgan fingerprint density at radius 2 is 2.06 bits per heavy atom. The molecule has 0 saturated heterocycles. The van der Waals surface area contributed by atoms with Crippen molar-refractivity contribution in [2.45, 2.75) is 18.9 Å². The molecule has 1 atom stereocenters. The van der Waals surface area contributed by atoms with Crippen LogP contribution in [0.5, 0.6) is 0 Å². The quantitative estimate of drug-likeness (QED) is 0.814. The third kappa shape index (κ3) is 4.63. The summed E-state index contributed by atoms with van der Waals surface area (Å²) in [6, 6.07) is 4.31. The van der Waals surface area contributed by atoms with Crippen LogP contribution in [0.15, 0.2) is 23.2 Å². The zero-order chi connectivity index (χ0) is 13.5. The Morgan fingerprint density at radius 3 is 2.56 bits per heavy atom. The Hall–Kier alpha value is -1.13. The number of rotatable bonds is 6. The number of halogens is 3. The molecule has 0 heterocycles. The summed E-state index contributed by atoms with van der Waals surface area (Å²) in [6.07, 6.45) is 1.41. The van der Waals surface area contributed by atoms with Crippen molar-refractivity contribution >= 4 is 35.4 Å². The van der Waals surface area contributed by atoms with Gasteiger partial charge in [-0.3, -0.25) is 9.79 Å². The van der Waals surface area contributed by atoms with E-state index in [4.69, 9.17) is 28.3 Å². The highest BCUT2D eigenvalue weighted by Gasteiger charge is 2.09. The molecule has 0 radical (unpaired) electrons. The van der Waals surface area contributed by atoms with Gasteiger partial charge in [-0.25, -0.2) is 4.39 Å². The maximum absolute atomic E-state index is 12.6. The number of carboxylic acid groups (broad SMARTS) is 1. The van der Waals surface area contributed by atoms with Gasteiger partial charge in [-0.1, -0.05) is 29.3 Å². The minimum absolute atomic E-state index is 0.123. The Kier molecular flexibility index (Phi) is 6.09. The molecule has 1 N–H and O–H groups in total. The first-order valence-electron chi connectivity index (χ1n) is 5.29. The van der Waals surface area contributed by atoms with Gasteiger partial charge in [-0.15, -0.1) is 0 Å². The SMILES string of the molecule is O=C(O)CCC(CF)N=Cc1c(Cl)cccc1Cl. The second-order valence-corrected chi connectivity index (χ2v) is 4.47. The summed E-state index contributed by atoms with van der Waals surface area (Å²) in [7, 11) is 0. The van der Waals surface area contributed by atoms with E-state index in [1.54, 1.807) is 18.2 Å². The maximum atomic E-state index is 12.6. The van der Waals surface area contributed by atoms with Crippen LogP contribution in [0, 0.1) is 0 Å². The summed E-state index contributed by atoms with van der Waals surface area (Å²) < 4.78 is 12.6. The molecule has 0 fully saturated rings. The molecule has 1 aromatic carbocycles. The smallest absolute Gasteiger partial charge is 0.303 e. The fourth-order valence-corrected chi connectivity index (χ4v) is 1.79. The van der Waals surface area contributed by atoms with Crippen LogP contribution in [-0.2, 0) is 4.79 Å². The predicted molar refractivity (Wildman–Crippen MR) is 70.7 cm³/mol. The van der Waals surface area contributed by atoms with Crippen molar-refractivity contribution in [2.75, 3.05) is 6.67 Å². The molecule has 0 spiro atoms. The lowest BCUT2D eigenvalue weighted by molar-refractivity contribution is -0.137. The summed E-state index contributed by atoms with van der Waals surface area (Å²) in [5.74, 6) is -0.973. The van der Waals surface area contributed by atoms with E-state index >= 15 is 0 Å². The van der Waals surface area contributed by atoms with Gasteiger partial charge in [-0.2, -0.15) is 0 Å². The van der Waals surface area contributed by atoms with Gasteiger partial charge in [-0.05, 0) is 18.6 Å². The molecule has 1 rings (SSSR count). The van der Waals surface area contributed by atoms with Gasteiger partial charge in [0.05, 0.1) is 16.1 Å². The van der Waals surface area contributed by atoms with Crippen molar-refractivity contribution in [3.8, 4) is 0 Å².